The van der Waals surface area contributed by atoms with E-state index in [1.807, 2.05) is 6.07 Å². The van der Waals surface area contributed by atoms with Crippen molar-refractivity contribution in [1.29, 1.82) is 0 Å². The second-order valence-corrected chi connectivity index (χ2v) is 4.07. The molecular weight excluding hydrogens is 206 g/mol. The fraction of sp³-hybridized carbons (Fsp3) is 0.417. The van der Waals surface area contributed by atoms with Crippen molar-refractivity contribution >= 4 is 5.78 Å². The average Bonchev–Trinajstić information content (AvgIpc) is 2.29. The molecule has 4 nitrogen and oxygen atoms in total. The molecule has 0 aliphatic heterocycles. The molecule has 0 aliphatic carbocycles. The number of hydrogen-bond acceptors (Lipinski definition) is 3. The molecule has 0 aliphatic rings. The van der Waals surface area contributed by atoms with Crippen LogP contribution in [-0.2, 0) is 0 Å². The van der Waals surface area contributed by atoms with Crippen LogP contribution in [-0.4, -0.2) is 16.2 Å². The standard InChI is InChI=1S/C12H15NO3/c1-3-12(2,13(15)16)9-11(14)10-7-5-4-6-8-10/h4-8H,3,9H2,1-2H3. The third-order valence-corrected chi connectivity index (χ3v) is 2.84. The minimum Gasteiger partial charge on any atom is -0.294 e. The molecular formula is C12H15NO3. The molecule has 0 spiro atoms. The third kappa shape index (κ3) is 2.66. The van der Waals surface area contributed by atoms with E-state index in [1.165, 1.54) is 6.92 Å². The Morgan fingerprint density at radius 3 is 2.38 bits per heavy atom. The summed E-state index contributed by atoms with van der Waals surface area (Å²) in [6, 6.07) is 8.67. The zero-order valence-electron chi connectivity index (χ0n) is 9.47. The van der Waals surface area contributed by atoms with E-state index >= 15 is 0 Å². The van der Waals surface area contributed by atoms with Crippen LogP contribution in [0.4, 0.5) is 0 Å². The molecule has 1 unspecified atom stereocenters. The summed E-state index contributed by atoms with van der Waals surface area (Å²) in [7, 11) is 0. The lowest BCUT2D eigenvalue weighted by atomic mass is 9.90. The van der Waals surface area contributed by atoms with Crippen molar-refractivity contribution in [2.45, 2.75) is 32.2 Å². The van der Waals surface area contributed by atoms with Crippen LogP contribution in [0.25, 0.3) is 0 Å². The van der Waals surface area contributed by atoms with Gasteiger partial charge in [-0.15, -0.1) is 0 Å². The summed E-state index contributed by atoms with van der Waals surface area (Å²) in [5, 5.41) is 10.9. The van der Waals surface area contributed by atoms with Crippen molar-refractivity contribution in [2.75, 3.05) is 0 Å². The molecule has 1 aromatic rings. The van der Waals surface area contributed by atoms with Gasteiger partial charge in [0.1, 0.15) is 0 Å². The lowest BCUT2D eigenvalue weighted by molar-refractivity contribution is -0.564. The van der Waals surface area contributed by atoms with Gasteiger partial charge in [-0.2, -0.15) is 0 Å². The highest BCUT2D eigenvalue weighted by Crippen LogP contribution is 2.21. The summed E-state index contributed by atoms with van der Waals surface area (Å²) in [6.07, 6.45) is 0.291. The topological polar surface area (TPSA) is 60.2 Å². The summed E-state index contributed by atoms with van der Waals surface area (Å²) in [6.45, 7) is 3.23. The summed E-state index contributed by atoms with van der Waals surface area (Å²) >= 11 is 0. The van der Waals surface area contributed by atoms with Crippen LogP contribution in [0.3, 0.4) is 0 Å². The minimum atomic E-state index is -1.16. The van der Waals surface area contributed by atoms with Crippen molar-refractivity contribution in [3.8, 4) is 0 Å². The van der Waals surface area contributed by atoms with Gasteiger partial charge in [-0.25, -0.2) is 0 Å². The highest BCUT2D eigenvalue weighted by molar-refractivity contribution is 5.96. The maximum absolute atomic E-state index is 11.8. The number of nitro groups is 1. The van der Waals surface area contributed by atoms with E-state index in [9.17, 15) is 14.9 Å². The molecule has 1 rings (SSSR count). The predicted octanol–water partition coefficient (Wildman–Crippen LogP) is 2.70. The molecule has 0 radical (unpaired) electrons. The Hall–Kier alpha value is -1.71. The van der Waals surface area contributed by atoms with E-state index in [1.54, 1.807) is 31.2 Å². The van der Waals surface area contributed by atoms with Crippen molar-refractivity contribution in [2.24, 2.45) is 0 Å². The fourth-order valence-corrected chi connectivity index (χ4v) is 1.39. The molecule has 0 saturated carbocycles. The van der Waals surface area contributed by atoms with Crippen molar-refractivity contribution in [3.63, 3.8) is 0 Å². The zero-order valence-corrected chi connectivity index (χ0v) is 9.47. The lowest BCUT2D eigenvalue weighted by Crippen LogP contribution is -2.36. The molecule has 0 N–H and O–H groups in total. The summed E-state index contributed by atoms with van der Waals surface area (Å²) in [4.78, 5) is 22.3. The SMILES string of the molecule is CCC(C)(CC(=O)c1ccccc1)[N+](=O)[O-]. The van der Waals surface area contributed by atoms with Crippen LogP contribution in [0, 0.1) is 10.1 Å². The predicted molar refractivity (Wildman–Crippen MR) is 61.1 cm³/mol. The van der Waals surface area contributed by atoms with Crippen molar-refractivity contribution in [1.82, 2.24) is 0 Å². The first-order valence-electron chi connectivity index (χ1n) is 5.22. The first kappa shape index (κ1) is 12.4. The van der Waals surface area contributed by atoms with Gasteiger partial charge in [0.15, 0.2) is 5.78 Å². The van der Waals surface area contributed by atoms with E-state index in [2.05, 4.69) is 0 Å². The maximum atomic E-state index is 11.8. The Kier molecular flexibility index (Phi) is 3.77. The molecule has 1 atom stereocenters. The van der Waals surface area contributed by atoms with Crippen LogP contribution in [0.5, 0.6) is 0 Å². The number of nitrogens with zero attached hydrogens (tertiary/aromatic N) is 1. The number of Topliss-reactive ketones (excluding diaryl/α,β-unsaturated/α-hetero) is 1. The first-order valence-corrected chi connectivity index (χ1v) is 5.22. The van der Waals surface area contributed by atoms with Gasteiger partial charge >= 0.3 is 0 Å². The van der Waals surface area contributed by atoms with E-state index in [-0.39, 0.29) is 17.1 Å². The largest absolute Gasteiger partial charge is 0.294 e. The smallest absolute Gasteiger partial charge is 0.226 e. The Bertz CT molecular complexity index is 389. The molecule has 0 bridgehead atoms. The third-order valence-electron chi connectivity index (χ3n) is 2.84. The van der Waals surface area contributed by atoms with Gasteiger partial charge in [-0.05, 0) is 0 Å². The van der Waals surface area contributed by atoms with Crippen LogP contribution in [0.15, 0.2) is 30.3 Å². The Balaban J connectivity index is 2.82. The van der Waals surface area contributed by atoms with Gasteiger partial charge < -0.3 is 0 Å². The number of benzene rings is 1. The van der Waals surface area contributed by atoms with E-state index < -0.39 is 5.54 Å². The highest BCUT2D eigenvalue weighted by atomic mass is 16.6. The van der Waals surface area contributed by atoms with Crippen LogP contribution in [0.2, 0.25) is 0 Å². The molecule has 0 saturated heterocycles. The van der Waals surface area contributed by atoms with Gasteiger partial charge in [0.25, 0.3) is 0 Å². The molecule has 0 amide bonds. The van der Waals surface area contributed by atoms with Crippen molar-refractivity contribution < 1.29 is 9.72 Å². The Morgan fingerprint density at radius 1 is 1.38 bits per heavy atom. The average molecular weight is 221 g/mol. The molecule has 1 aromatic carbocycles. The van der Waals surface area contributed by atoms with E-state index in [4.69, 9.17) is 0 Å². The number of ketones is 1. The summed E-state index contributed by atoms with van der Waals surface area (Å²) in [5.41, 5.74) is -0.628. The van der Waals surface area contributed by atoms with Crippen LogP contribution in [0.1, 0.15) is 37.0 Å². The van der Waals surface area contributed by atoms with Crippen LogP contribution >= 0.6 is 0 Å². The summed E-state index contributed by atoms with van der Waals surface area (Å²) in [5.74, 6) is -0.179. The van der Waals surface area contributed by atoms with Crippen LogP contribution < -0.4 is 0 Å². The van der Waals surface area contributed by atoms with E-state index in [0.29, 0.717) is 12.0 Å². The Morgan fingerprint density at radius 2 is 1.94 bits per heavy atom. The highest BCUT2D eigenvalue weighted by Gasteiger charge is 2.37. The molecule has 86 valence electrons. The quantitative estimate of drug-likeness (QED) is 0.436. The second kappa shape index (κ2) is 4.88. The van der Waals surface area contributed by atoms with Gasteiger partial charge in [0.2, 0.25) is 5.54 Å². The molecule has 16 heavy (non-hydrogen) atoms. The van der Waals surface area contributed by atoms with Gasteiger partial charge in [-0.3, -0.25) is 14.9 Å². The minimum absolute atomic E-state index is 0.0550. The second-order valence-electron chi connectivity index (χ2n) is 4.07. The van der Waals surface area contributed by atoms with Gasteiger partial charge in [0, 0.05) is 23.8 Å². The molecule has 4 heteroatoms. The normalized spacial score (nSPS) is 14.1. The zero-order chi connectivity index (χ0) is 12.2. The van der Waals surface area contributed by atoms with Crippen molar-refractivity contribution in [3.05, 3.63) is 46.0 Å². The first-order chi connectivity index (χ1) is 7.49. The lowest BCUT2D eigenvalue weighted by Gasteiger charge is -2.17. The number of rotatable bonds is 5. The number of carbonyl (C=O) groups excluding carboxylic acids is 1. The van der Waals surface area contributed by atoms with Gasteiger partial charge in [-0.1, -0.05) is 37.3 Å². The molecule has 0 fully saturated rings. The number of carbonyl (C=O) groups is 1. The Labute approximate surface area is 94.4 Å². The fourth-order valence-electron chi connectivity index (χ4n) is 1.39. The monoisotopic (exact) mass is 221 g/mol. The van der Waals surface area contributed by atoms with Gasteiger partial charge in [0.05, 0.1) is 6.42 Å². The molecule has 0 aromatic heterocycles. The number of hydrogen-bond donors (Lipinski definition) is 0. The summed E-state index contributed by atoms with van der Waals surface area (Å²) < 4.78 is 0. The molecule has 0 heterocycles. The maximum Gasteiger partial charge on any atom is 0.226 e. The van der Waals surface area contributed by atoms with E-state index in [0.717, 1.165) is 0 Å².